The zero-order valence-corrected chi connectivity index (χ0v) is 14.7. The zero-order chi connectivity index (χ0) is 17.9. The molecule has 0 spiro atoms. The van der Waals surface area contributed by atoms with Crippen LogP contribution in [0.5, 0.6) is 17.2 Å². The lowest BCUT2D eigenvalue weighted by molar-refractivity contribution is -0.129. The highest BCUT2D eigenvalue weighted by atomic mass is 16.7. The number of fused-ring (bicyclic) bond motifs is 1. The highest BCUT2D eigenvalue weighted by molar-refractivity contribution is 5.82. The quantitative estimate of drug-likeness (QED) is 0.890. The molecular formula is C20H22N2O4. The predicted octanol–water partition coefficient (Wildman–Crippen LogP) is 1.97. The second-order valence-corrected chi connectivity index (χ2v) is 6.50. The first-order chi connectivity index (χ1) is 12.7. The molecule has 0 radical (unpaired) electrons. The van der Waals surface area contributed by atoms with Crippen molar-refractivity contribution >= 4 is 5.91 Å². The Kier molecular flexibility index (Phi) is 4.67. The van der Waals surface area contributed by atoms with Crippen LogP contribution in [0.2, 0.25) is 0 Å². The van der Waals surface area contributed by atoms with Gasteiger partial charge in [-0.1, -0.05) is 30.3 Å². The SMILES string of the molecule is COc1cc(CN2CCNC(=O)[C@@H]2Cc2ccccc2)cc2c1OCO2. The minimum atomic E-state index is -0.192. The van der Waals surface area contributed by atoms with Crippen molar-refractivity contribution < 1.29 is 19.0 Å². The van der Waals surface area contributed by atoms with Crippen LogP contribution >= 0.6 is 0 Å². The van der Waals surface area contributed by atoms with Crippen molar-refractivity contribution in [3.8, 4) is 17.2 Å². The van der Waals surface area contributed by atoms with E-state index < -0.39 is 0 Å². The van der Waals surface area contributed by atoms with Crippen molar-refractivity contribution in [1.82, 2.24) is 10.2 Å². The van der Waals surface area contributed by atoms with E-state index in [0.29, 0.717) is 36.8 Å². The number of amides is 1. The van der Waals surface area contributed by atoms with E-state index in [0.717, 1.165) is 17.7 Å². The Morgan fingerprint density at radius 2 is 2.04 bits per heavy atom. The largest absolute Gasteiger partial charge is 0.493 e. The molecular weight excluding hydrogens is 332 g/mol. The number of rotatable bonds is 5. The van der Waals surface area contributed by atoms with Gasteiger partial charge in [-0.25, -0.2) is 0 Å². The summed E-state index contributed by atoms with van der Waals surface area (Å²) in [6, 6.07) is 13.8. The highest BCUT2D eigenvalue weighted by Crippen LogP contribution is 2.42. The monoisotopic (exact) mass is 354 g/mol. The number of piperazine rings is 1. The molecule has 2 aromatic rings. The van der Waals surface area contributed by atoms with Gasteiger partial charge >= 0.3 is 0 Å². The number of benzene rings is 2. The maximum atomic E-state index is 12.5. The number of nitrogens with zero attached hydrogens (tertiary/aromatic N) is 1. The number of hydrogen-bond acceptors (Lipinski definition) is 5. The molecule has 136 valence electrons. The third-order valence-corrected chi connectivity index (χ3v) is 4.82. The van der Waals surface area contributed by atoms with Crippen molar-refractivity contribution in [2.24, 2.45) is 0 Å². The van der Waals surface area contributed by atoms with Gasteiger partial charge in [0, 0.05) is 19.6 Å². The summed E-state index contributed by atoms with van der Waals surface area (Å²) in [7, 11) is 1.62. The summed E-state index contributed by atoms with van der Waals surface area (Å²) in [6.07, 6.45) is 0.689. The smallest absolute Gasteiger partial charge is 0.237 e. The van der Waals surface area contributed by atoms with Gasteiger partial charge in [0.1, 0.15) is 0 Å². The number of carbonyl (C=O) groups excluding carboxylic acids is 1. The van der Waals surface area contributed by atoms with Crippen LogP contribution in [0, 0.1) is 0 Å². The van der Waals surface area contributed by atoms with Gasteiger partial charge < -0.3 is 19.5 Å². The van der Waals surface area contributed by atoms with Crippen LogP contribution < -0.4 is 19.5 Å². The molecule has 0 unspecified atom stereocenters. The van der Waals surface area contributed by atoms with Crippen molar-refractivity contribution in [1.29, 1.82) is 0 Å². The average molecular weight is 354 g/mol. The highest BCUT2D eigenvalue weighted by Gasteiger charge is 2.30. The molecule has 0 aliphatic carbocycles. The Morgan fingerprint density at radius 1 is 1.19 bits per heavy atom. The summed E-state index contributed by atoms with van der Waals surface area (Å²) in [6.45, 7) is 2.32. The fourth-order valence-corrected chi connectivity index (χ4v) is 3.52. The summed E-state index contributed by atoms with van der Waals surface area (Å²) in [5.74, 6) is 2.08. The van der Waals surface area contributed by atoms with Gasteiger partial charge in [-0.05, 0) is 29.7 Å². The molecule has 0 saturated carbocycles. The standard InChI is InChI=1S/C20H22N2O4/c1-24-17-10-15(11-18-19(17)26-13-25-18)12-22-8-7-21-20(23)16(22)9-14-5-3-2-4-6-14/h2-6,10-11,16H,7-9,12-13H2,1H3,(H,21,23)/t16-/m0/s1. The van der Waals surface area contributed by atoms with E-state index in [-0.39, 0.29) is 18.7 Å². The fourth-order valence-electron chi connectivity index (χ4n) is 3.52. The van der Waals surface area contributed by atoms with E-state index in [4.69, 9.17) is 14.2 Å². The summed E-state index contributed by atoms with van der Waals surface area (Å²) >= 11 is 0. The molecule has 2 aliphatic rings. The summed E-state index contributed by atoms with van der Waals surface area (Å²) in [5, 5.41) is 2.98. The molecule has 1 saturated heterocycles. The van der Waals surface area contributed by atoms with E-state index in [1.807, 2.05) is 30.3 Å². The van der Waals surface area contributed by atoms with Crippen LogP contribution in [-0.4, -0.2) is 43.8 Å². The molecule has 1 fully saturated rings. The molecule has 26 heavy (non-hydrogen) atoms. The molecule has 1 N–H and O–H groups in total. The van der Waals surface area contributed by atoms with Crippen molar-refractivity contribution in [3.05, 3.63) is 53.6 Å². The number of carbonyl (C=O) groups is 1. The molecule has 1 amide bonds. The van der Waals surface area contributed by atoms with Gasteiger partial charge in [-0.15, -0.1) is 0 Å². The molecule has 6 nitrogen and oxygen atoms in total. The summed E-state index contributed by atoms with van der Waals surface area (Å²) in [5.41, 5.74) is 2.20. The minimum Gasteiger partial charge on any atom is -0.493 e. The van der Waals surface area contributed by atoms with Gasteiger partial charge in [-0.2, -0.15) is 0 Å². The maximum absolute atomic E-state index is 12.5. The fraction of sp³-hybridized carbons (Fsp3) is 0.350. The van der Waals surface area contributed by atoms with Crippen LogP contribution in [0.15, 0.2) is 42.5 Å². The topological polar surface area (TPSA) is 60.0 Å². The molecule has 2 aliphatic heterocycles. The molecule has 2 aromatic carbocycles. The van der Waals surface area contributed by atoms with E-state index in [2.05, 4.69) is 22.3 Å². The Hall–Kier alpha value is -2.73. The first-order valence-electron chi connectivity index (χ1n) is 8.77. The predicted molar refractivity (Wildman–Crippen MR) is 96.5 cm³/mol. The molecule has 0 aromatic heterocycles. The van der Waals surface area contributed by atoms with Crippen LogP contribution in [0.4, 0.5) is 0 Å². The average Bonchev–Trinajstić information content (AvgIpc) is 3.13. The first kappa shape index (κ1) is 16.7. The lowest BCUT2D eigenvalue weighted by atomic mass is 10.0. The Bertz CT molecular complexity index is 794. The van der Waals surface area contributed by atoms with Crippen LogP contribution in [0.1, 0.15) is 11.1 Å². The third kappa shape index (κ3) is 3.32. The van der Waals surface area contributed by atoms with Crippen molar-refractivity contribution in [2.75, 3.05) is 27.0 Å². The van der Waals surface area contributed by atoms with Gasteiger partial charge in [-0.3, -0.25) is 9.69 Å². The van der Waals surface area contributed by atoms with E-state index in [1.165, 1.54) is 0 Å². The number of hydrogen-bond donors (Lipinski definition) is 1. The number of methoxy groups -OCH3 is 1. The summed E-state index contributed by atoms with van der Waals surface area (Å²) in [4.78, 5) is 14.7. The number of nitrogens with one attached hydrogen (secondary N) is 1. The second-order valence-electron chi connectivity index (χ2n) is 6.50. The van der Waals surface area contributed by atoms with Gasteiger partial charge in [0.2, 0.25) is 18.4 Å². The molecule has 2 heterocycles. The second kappa shape index (κ2) is 7.25. The van der Waals surface area contributed by atoms with Crippen LogP contribution in [0.3, 0.4) is 0 Å². The normalized spacial score (nSPS) is 19.3. The van der Waals surface area contributed by atoms with E-state index >= 15 is 0 Å². The van der Waals surface area contributed by atoms with Gasteiger partial charge in [0.05, 0.1) is 13.2 Å². The zero-order valence-electron chi connectivity index (χ0n) is 14.7. The third-order valence-electron chi connectivity index (χ3n) is 4.82. The van der Waals surface area contributed by atoms with Crippen LogP contribution in [0.25, 0.3) is 0 Å². The Labute approximate surface area is 152 Å². The molecule has 0 bridgehead atoms. The van der Waals surface area contributed by atoms with Crippen molar-refractivity contribution in [2.45, 2.75) is 19.0 Å². The van der Waals surface area contributed by atoms with Gasteiger partial charge in [0.15, 0.2) is 11.5 Å². The van der Waals surface area contributed by atoms with E-state index in [1.54, 1.807) is 7.11 Å². The minimum absolute atomic E-state index is 0.0767. The summed E-state index contributed by atoms with van der Waals surface area (Å²) < 4.78 is 16.4. The maximum Gasteiger partial charge on any atom is 0.237 e. The first-order valence-corrected chi connectivity index (χ1v) is 8.77. The molecule has 6 heteroatoms. The van der Waals surface area contributed by atoms with Crippen LogP contribution in [-0.2, 0) is 17.8 Å². The Balaban J connectivity index is 1.56. The molecule has 4 rings (SSSR count). The molecule has 1 atom stereocenters. The lowest BCUT2D eigenvalue weighted by Gasteiger charge is -2.35. The van der Waals surface area contributed by atoms with E-state index in [9.17, 15) is 4.79 Å². The lowest BCUT2D eigenvalue weighted by Crippen LogP contribution is -2.55. The van der Waals surface area contributed by atoms with Crippen molar-refractivity contribution in [3.63, 3.8) is 0 Å². The Morgan fingerprint density at radius 3 is 2.85 bits per heavy atom. The number of ether oxygens (including phenoxy) is 3. The van der Waals surface area contributed by atoms with Gasteiger partial charge in [0.25, 0.3) is 0 Å².